The summed E-state index contributed by atoms with van der Waals surface area (Å²) in [5, 5.41) is 6.59. The van der Waals surface area contributed by atoms with Gasteiger partial charge in [0.2, 0.25) is 5.91 Å². The van der Waals surface area contributed by atoms with Gasteiger partial charge in [-0.25, -0.2) is 0 Å². The Kier molecular flexibility index (Phi) is 7.49. The van der Waals surface area contributed by atoms with Crippen molar-refractivity contribution in [3.63, 3.8) is 0 Å². The molecule has 1 aliphatic heterocycles. The zero-order valence-corrected chi connectivity index (χ0v) is 16.1. The highest BCUT2D eigenvalue weighted by atomic mass is 35.5. The van der Waals surface area contributed by atoms with Gasteiger partial charge in [-0.15, -0.1) is 12.4 Å². The topological polar surface area (TPSA) is 50.4 Å². The van der Waals surface area contributed by atoms with E-state index in [2.05, 4.69) is 41.8 Å². The molecule has 1 amide bonds. The number of hydrogen-bond donors (Lipinski definition) is 2. The van der Waals surface area contributed by atoms with E-state index in [-0.39, 0.29) is 30.3 Å². The van der Waals surface area contributed by atoms with E-state index in [1.54, 1.807) is 7.11 Å². The van der Waals surface area contributed by atoms with E-state index in [9.17, 15) is 4.79 Å². The van der Waals surface area contributed by atoms with Crippen molar-refractivity contribution in [3.05, 3.63) is 65.2 Å². The van der Waals surface area contributed by atoms with Crippen LogP contribution < -0.4 is 15.4 Å². The summed E-state index contributed by atoms with van der Waals surface area (Å²) in [6.07, 6.45) is 1.50. The summed E-state index contributed by atoms with van der Waals surface area (Å²) >= 11 is 0. The minimum atomic E-state index is 0. The van der Waals surface area contributed by atoms with Crippen LogP contribution in [0.2, 0.25) is 0 Å². The van der Waals surface area contributed by atoms with E-state index in [4.69, 9.17) is 4.74 Å². The summed E-state index contributed by atoms with van der Waals surface area (Å²) in [4.78, 5) is 12.4. The summed E-state index contributed by atoms with van der Waals surface area (Å²) in [6.45, 7) is 3.63. The summed E-state index contributed by atoms with van der Waals surface area (Å²) in [5.74, 6) is 1.02. The predicted octanol–water partition coefficient (Wildman–Crippen LogP) is 3.61. The van der Waals surface area contributed by atoms with Crippen LogP contribution >= 0.6 is 12.4 Å². The molecule has 0 spiro atoms. The van der Waals surface area contributed by atoms with E-state index < -0.39 is 0 Å². The minimum Gasteiger partial charge on any atom is -0.496 e. The number of rotatable bonds is 6. The Labute approximate surface area is 161 Å². The molecule has 1 heterocycles. The molecule has 2 aromatic rings. The van der Waals surface area contributed by atoms with Gasteiger partial charge in [-0.05, 0) is 41.6 Å². The lowest BCUT2D eigenvalue weighted by Crippen LogP contribution is -2.39. The van der Waals surface area contributed by atoms with Crippen LogP contribution in [0.5, 0.6) is 5.75 Å². The number of para-hydroxylation sites is 1. The molecule has 0 saturated heterocycles. The molecule has 0 aromatic heterocycles. The van der Waals surface area contributed by atoms with Crippen molar-refractivity contribution in [1.82, 2.24) is 10.6 Å². The van der Waals surface area contributed by atoms with Gasteiger partial charge in [0.25, 0.3) is 0 Å². The monoisotopic (exact) mass is 374 g/mol. The maximum absolute atomic E-state index is 12.4. The average Bonchev–Trinajstić information content (AvgIpc) is 2.66. The van der Waals surface area contributed by atoms with Gasteiger partial charge in [-0.2, -0.15) is 0 Å². The molecule has 26 heavy (non-hydrogen) atoms. The number of carbonyl (C=O) groups is 1. The Hall–Kier alpha value is -2.04. The number of amides is 1. The first kappa shape index (κ1) is 20.3. The third-order valence-corrected chi connectivity index (χ3v) is 4.88. The van der Waals surface area contributed by atoms with Gasteiger partial charge in [-0.3, -0.25) is 4.79 Å². The number of fused-ring (bicyclic) bond motifs is 1. The fourth-order valence-electron chi connectivity index (χ4n) is 3.52. The van der Waals surface area contributed by atoms with E-state index in [1.165, 1.54) is 11.1 Å². The van der Waals surface area contributed by atoms with Crippen LogP contribution in [0.25, 0.3) is 0 Å². The van der Waals surface area contributed by atoms with Crippen molar-refractivity contribution in [2.75, 3.05) is 20.2 Å². The molecule has 2 atom stereocenters. The third kappa shape index (κ3) is 4.77. The molecule has 0 bridgehead atoms. The zero-order chi connectivity index (χ0) is 17.6. The van der Waals surface area contributed by atoms with Crippen molar-refractivity contribution in [2.24, 2.45) is 0 Å². The average molecular weight is 375 g/mol. The molecule has 5 heteroatoms. The first-order chi connectivity index (χ1) is 12.2. The lowest BCUT2D eigenvalue weighted by molar-refractivity contribution is -0.121. The van der Waals surface area contributed by atoms with E-state index in [0.717, 1.165) is 24.3 Å². The Morgan fingerprint density at radius 1 is 1.23 bits per heavy atom. The molecule has 0 aliphatic carbocycles. The number of hydrogen-bond acceptors (Lipinski definition) is 3. The van der Waals surface area contributed by atoms with Crippen molar-refractivity contribution in [2.45, 2.75) is 31.7 Å². The van der Waals surface area contributed by atoms with E-state index >= 15 is 0 Å². The second-order valence-corrected chi connectivity index (χ2v) is 6.61. The molecule has 0 radical (unpaired) electrons. The highest BCUT2D eigenvalue weighted by Gasteiger charge is 2.20. The van der Waals surface area contributed by atoms with Gasteiger partial charge in [0, 0.05) is 19.0 Å². The van der Waals surface area contributed by atoms with Crippen LogP contribution in [-0.2, 0) is 11.2 Å². The summed E-state index contributed by atoms with van der Waals surface area (Å²) < 4.78 is 5.40. The molecule has 3 rings (SSSR count). The molecule has 1 aliphatic rings. The quantitative estimate of drug-likeness (QED) is 0.812. The zero-order valence-electron chi connectivity index (χ0n) is 15.3. The lowest BCUT2D eigenvalue weighted by atomic mass is 9.94. The maximum Gasteiger partial charge on any atom is 0.220 e. The van der Waals surface area contributed by atoms with Gasteiger partial charge in [0.15, 0.2) is 0 Å². The number of benzene rings is 2. The number of halogens is 1. The van der Waals surface area contributed by atoms with Gasteiger partial charge in [0.05, 0.1) is 7.11 Å². The minimum absolute atomic E-state index is 0. The van der Waals surface area contributed by atoms with Crippen molar-refractivity contribution in [3.8, 4) is 5.75 Å². The number of ether oxygens (including phenoxy) is 1. The fraction of sp³-hybridized carbons (Fsp3) is 0.381. The smallest absolute Gasteiger partial charge is 0.220 e. The standard InChI is InChI=1S/C21H26N2O2.ClH/c1-15(17-8-5-6-10-20(17)25-2)13-21(24)23-14-19-18-9-4-3-7-16(18)11-12-22-19;/h3-10,15,19,22H,11-14H2,1-2H3,(H,23,24);1H. The highest BCUT2D eigenvalue weighted by molar-refractivity contribution is 5.85. The normalized spacial score (nSPS) is 16.8. The van der Waals surface area contributed by atoms with Crippen LogP contribution in [-0.4, -0.2) is 26.1 Å². The molecular formula is C21H27ClN2O2. The van der Waals surface area contributed by atoms with E-state index in [1.807, 2.05) is 24.3 Å². The summed E-state index contributed by atoms with van der Waals surface area (Å²) in [6, 6.07) is 16.5. The van der Waals surface area contributed by atoms with Gasteiger partial charge in [0.1, 0.15) is 5.75 Å². The maximum atomic E-state index is 12.4. The highest BCUT2D eigenvalue weighted by Crippen LogP contribution is 2.28. The lowest BCUT2D eigenvalue weighted by Gasteiger charge is -2.27. The number of methoxy groups -OCH3 is 1. The largest absolute Gasteiger partial charge is 0.496 e. The Balaban J connectivity index is 0.00000243. The first-order valence-corrected chi connectivity index (χ1v) is 8.90. The third-order valence-electron chi connectivity index (χ3n) is 4.88. The molecule has 0 saturated carbocycles. The second-order valence-electron chi connectivity index (χ2n) is 6.61. The van der Waals surface area contributed by atoms with Crippen LogP contribution in [0, 0.1) is 0 Å². The van der Waals surface area contributed by atoms with E-state index in [0.29, 0.717) is 13.0 Å². The van der Waals surface area contributed by atoms with Crippen molar-refractivity contribution < 1.29 is 9.53 Å². The Bertz CT molecular complexity index is 735. The Morgan fingerprint density at radius 3 is 2.77 bits per heavy atom. The number of carbonyl (C=O) groups excluding carboxylic acids is 1. The number of nitrogens with one attached hydrogen (secondary N) is 2. The summed E-state index contributed by atoms with van der Waals surface area (Å²) in [7, 11) is 1.66. The molecular weight excluding hydrogens is 348 g/mol. The van der Waals surface area contributed by atoms with Gasteiger partial charge < -0.3 is 15.4 Å². The first-order valence-electron chi connectivity index (χ1n) is 8.90. The van der Waals surface area contributed by atoms with Crippen molar-refractivity contribution >= 4 is 18.3 Å². The SMILES string of the molecule is COc1ccccc1C(C)CC(=O)NCC1NCCc2ccccc21.Cl. The van der Waals surface area contributed by atoms with Crippen LogP contribution in [0.15, 0.2) is 48.5 Å². The van der Waals surface area contributed by atoms with Gasteiger partial charge >= 0.3 is 0 Å². The second kappa shape index (κ2) is 9.60. The molecule has 140 valence electrons. The molecule has 2 unspecified atom stereocenters. The van der Waals surface area contributed by atoms with Crippen LogP contribution in [0.3, 0.4) is 0 Å². The van der Waals surface area contributed by atoms with Crippen LogP contribution in [0.1, 0.15) is 42.0 Å². The van der Waals surface area contributed by atoms with Gasteiger partial charge in [-0.1, -0.05) is 49.4 Å². The summed E-state index contributed by atoms with van der Waals surface area (Å²) in [5.41, 5.74) is 3.75. The predicted molar refractivity (Wildman–Crippen MR) is 107 cm³/mol. The van der Waals surface area contributed by atoms with Crippen molar-refractivity contribution in [1.29, 1.82) is 0 Å². The molecule has 0 fully saturated rings. The molecule has 2 N–H and O–H groups in total. The fourth-order valence-corrected chi connectivity index (χ4v) is 3.52. The van der Waals surface area contributed by atoms with Crippen LogP contribution in [0.4, 0.5) is 0 Å². The Morgan fingerprint density at radius 2 is 1.96 bits per heavy atom. The molecule has 4 nitrogen and oxygen atoms in total. The molecule has 2 aromatic carbocycles.